The molecule has 0 saturated heterocycles. The number of halogens is 1. The van der Waals surface area contributed by atoms with Crippen LogP contribution in [0.4, 0.5) is 10.1 Å². The molecule has 0 unspecified atom stereocenters. The molecular weight excluding hydrogens is 351 g/mol. The Labute approximate surface area is 157 Å². The van der Waals surface area contributed by atoms with Gasteiger partial charge in [-0.15, -0.1) is 0 Å². The number of amides is 1. The molecule has 6 nitrogen and oxygen atoms in total. The van der Waals surface area contributed by atoms with Gasteiger partial charge in [0, 0.05) is 18.2 Å². The highest BCUT2D eigenvalue weighted by molar-refractivity contribution is 5.78. The van der Waals surface area contributed by atoms with Crippen molar-refractivity contribution in [3.05, 3.63) is 34.1 Å². The van der Waals surface area contributed by atoms with Crippen molar-refractivity contribution in [3.63, 3.8) is 0 Å². The fourth-order valence-electron chi connectivity index (χ4n) is 6.04. The molecule has 4 fully saturated rings. The second-order valence-corrected chi connectivity index (χ2v) is 8.73. The quantitative estimate of drug-likeness (QED) is 0.604. The third-order valence-corrected chi connectivity index (χ3v) is 6.86. The van der Waals surface area contributed by atoms with Crippen molar-refractivity contribution in [1.82, 2.24) is 5.32 Å². The fourth-order valence-corrected chi connectivity index (χ4v) is 6.04. The van der Waals surface area contributed by atoms with E-state index >= 15 is 0 Å². The first-order valence-corrected chi connectivity index (χ1v) is 9.71. The Morgan fingerprint density at radius 2 is 1.89 bits per heavy atom. The van der Waals surface area contributed by atoms with E-state index in [-0.39, 0.29) is 35.4 Å². The van der Waals surface area contributed by atoms with Crippen LogP contribution < -0.4 is 10.1 Å². The maximum absolute atomic E-state index is 13.4. The van der Waals surface area contributed by atoms with Crippen LogP contribution in [0, 0.1) is 39.1 Å². The van der Waals surface area contributed by atoms with Gasteiger partial charge in [0.15, 0.2) is 6.61 Å². The Balaban J connectivity index is 1.38. The van der Waals surface area contributed by atoms with Crippen molar-refractivity contribution in [3.8, 4) is 5.75 Å². The number of nitrogens with zero attached hydrogens (tertiary/aromatic N) is 1. The lowest BCUT2D eigenvalue weighted by molar-refractivity contribution is -0.385. The zero-order valence-corrected chi connectivity index (χ0v) is 15.4. The Morgan fingerprint density at radius 1 is 1.30 bits per heavy atom. The number of ether oxygens (including phenoxy) is 1. The van der Waals surface area contributed by atoms with Gasteiger partial charge in [0.25, 0.3) is 5.91 Å². The third kappa shape index (κ3) is 3.51. The Bertz CT molecular complexity index is 731. The molecule has 1 aromatic carbocycles. The van der Waals surface area contributed by atoms with Crippen LogP contribution in [0.1, 0.15) is 45.4 Å². The lowest BCUT2D eigenvalue weighted by Gasteiger charge is -2.59. The van der Waals surface area contributed by atoms with Crippen LogP contribution in [0.15, 0.2) is 18.2 Å². The number of nitrogens with one attached hydrogen (secondary N) is 1. The number of hydrogen-bond donors (Lipinski definition) is 1. The summed E-state index contributed by atoms with van der Waals surface area (Å²) in [6.45, 7) is 1.71. The molecule has 0 spiro atoms. The van der Waals surface area contributed by atoms with E-state index in [2.05, 4.69) is 12.2 Å². The van der Waals surface area contributed by atoms with Crippen LogP contribution in [-0.2, 0) is 4.79 Å². The van der Waals surface area contributed by atoms with E-state index < -0.39 is 10.7 Å². The van der Waals surface area contributed by atoms with E-state index in [1.807, 2.05) is 0 Å². The number of hydrogen-bond acceptors (Lipinski definition) is 4. The largest absolute Gasteiger partial charge is 0.477 e. The van der Waals surface area contributed by atoms with Crippen LogP contribution in [-0.4, -0.2) is 23.5 Å². The summed E-state index contributed by atoms with van der Waals surface area (Å²) in [4.78, 5) is 22.8. The SMILES string of the molecule is C[C@@H](NC(=O)COc1cc(F)ccc1[N+](=O)[O-])C12CC3CC(CC(C3)C1)C2. The smallest absolute Gasteiger partial charge is 0.311 e. The monoisotopic (exact) mass is 376 g/mol. The number of nitro benzene ring substituents is 1. The highest BCUT2D eigenvalue weighted by Gasteiger charge is 2.53. The highest BCUT2D eigenvalue weighted by Crippen LogP contribution is 2.61. The maximum atomic E-state index is 13.4. The van der Waals surface area contributed by atoms with Gasteiger partial charge in [-0.2, -0.15) is 0 Å². The molecule has 0 aliphatic heterocycles. The van der Waals surface area contributed by atoms with Crippen molar-refractivity contribution in [1.29, 1.82) is 0 Å². The van der Waals surface area contributed by atoms with Crippen molar-refractivity contribution in [2.45, 2.75) is 51.5 Å². The number of carbonyl (C=O) groups excluding carboxylic acids is 1. The van der Waals surface area contributed by atoms with E-state index in [0.717, 1.165) is 36.0 Å². The van der Waals surface area contributed by atoms with Gasteiger partial charge in [-0.1, -0.05) is 0 Å². The summed E-state index contributed by atoms with van der Waals surface area (Å²) in [5.74, 6) is 1.19. The van der Waals surface area contributed by atoms with Crippen LogP contribution in [0.2, 0.25) is 0 Å². The predicted octanol–water partition coefficient (Wildman–Crippen LogP) is 3.83. The molecule has 1 aromatic rings. The van der Waals surface area contributed by atoms with Crippen molar-refractivity contribution >= 4 is 11.6 Å². The van der Waals surface area contributed by atoms with Gasteiger partial charge in [0.1, 0.15) is 5.82 Å². The first-order chi connectivity index (χ1) is 12.8. The normalized spacial score (nSPS) is 32.1. The summed E-state index contributed by atoms with van der Waals surface area (Å²) in [7, 11) is 0. The zero-order valence-electron chi connectivity index (χ0n) is 15.4. The number of rotatable bonds is 6. The average Bonchev–Trinajstić information content (AvgIpc) is 2.58. The number of carbonyl (C=O) groups is 1. The van der Waals surface area contributed by atoms with Gasteiger partial charge >= 0.3 is 5.69 Å². The average molecular weight is 376 g/mol. The van der Waals surface area contributed by atoms with Crippen LogP contribution in [0.3, 0.4) is 0 Å². The molecule has 4 aliphatic rings. The molecule has 27 heavy (non-hydrogen) atoms. The van der Waals surface area contributed by atoms with Crippen LogP contribution in [0.5, 0.6) is 5.75 Å². The summed E-state index contributed by atoms with van der Waals surface area (Å²) in [6, 6.07) is 3.03. The minimum absolute atomic E-state index is 0.0458. The van der Waals surface area contributed by atoms with Gasteiger partial charge in [0.05, 0.1) is 4.92 Å². The van der Waals surface area contributed by atoms with Gasteiger partial charge in [-0.05, 0) is 74.7 Å². The summed E-state index contributed by atoms with van der Waals surface area (Å²) >= 11 is 0. The minimum atomic E-state index is -0.648. The van der Waals surface area contributed by atoms with E-state index in [1.165, 1.54) is 38.5 Å². The molecule has 1 N–H and O–H groups in total. The van der Waals surface area contributed by atoms with Crippen molar-refractivity contribution < 1.29 is 18.8 Å². The molecule has 1 atom stereocenters. The van der Waals surface area contributed by atoms with Gasteiger partial charge in [0.2, 0.25) is 5.75 Å². The standard InChI is InChI=1S/C20H25FN2O4/c1-12(20-8-13-4-14(9-20)6-15(5-13)10-20)22-19(24)11-27-18-7-16(21)2-3-17(18)23(25)26/h2-3,7,12-15H,4-6,8-11H2,1H3,(H,22,24)/t12-,13?,14?,15?,20?/m1/s1. The molecule has 0 radical (unpaired) electrons. The molecular formula is C20H25FN2O4. The van der Waals surface area contributed by atoms with E-state index in [4.69, 9.17) is 4.74 Å². The minimum Gasteiger partial charge on any atom is -0.477 e. The molecule has 4 saturated carbocycles. The second-order valence-electron chi connectivity index (χ2n) is 8.73. The van der Waals surface area contributed by atoms with Crippen LogP contribution >= 0.6 is 0 Å². The Kier molecular flexibility index (Phi) is 4.56. The topological polar surface area (TPSA) is 81.5 Å². The summed E-state index contributed by atoms with van der Waals surface area (Å²) in [5.41, 5.74) is -0.173. The molecule has 146 valence electrons. The summed E-state index contributed by atoms with van der Waals surface area (Å²) in [5, 5.41) is 14.1. The van der Waals surface area contributed by atoms with E-state index in [0.29, 0.717) is 0 Å². The lowest BCUT2D eigenvalue weighted by Crippen LogP contribution is -2.56. The van der Waals surface area contributed by atoms with E-state index in [9.17, 15) is 19.3 Å². The number of benzene rings is 1. The molecule has 4 bridgehead atoms. The Hall–Kier alpha value is -2.18. The first kappa shape index (κ1) is 18.2. The van der Waals surface area contributed by atoms with Gasteiger partial charge in [-0.25, -0.2) is 4.39 Å². The van der Waals surface area contributed by atoms with Gasteiger partial charge in [-0.3, -0.25) is 14.9 Å². The molecule has 7 heteroatoms. The third-order valence-electron chi connectivity index (χ3n) is 6.86. The fraction of sp³-hybridized carbons (Fsp3) is 0.650. The maximum Gasteiger partial charge on any atom is 0.311 e. The molecule has 4 aliphatic carbocycles. The predicted molar refractivity (Wildman–Crippen MR) is 96.8 cm³/mol. The second kappa shape index (κ2) is 6.77. The summed E-state index contributed by atoms with van der Waals surface area (Å²) < 4.78 is 18.6. The zero-order chi connectivity index (χ0) is 19.2. The van der Waals surface area contributed by atoms with Gasteiger partial charge < -0.3 is 10.1 Å². The molecule has 0 heterocycles. The van der Waals surface area contributed by atoms with Crippen molar-refractivity contribution in [2.75, 3.05) is 6.61 Å². The lowest BCUT2D eigenvalue weighted by atomic mass is 9.48. The molecule has 5 rings (SSSR count). The first-order valence-electron chi connectivity index (χ1n) is 9.71. The Morgan fingerprint density at radius 3 is 2.44 bits per heavy atom. The highest BCUT2D eigenvalue weighted by atomic mass is 19.1. The van der Waals surface area contributed by atoms with Crippen LogP contribution in [0.25, 0.3) is 0 Å². The molecule has 1 amide bonds. The van der Waals surface area contributed by atoms with Crippen molar-refractivity contribution in [2.24, 2.45) is 23.2 Å². The molecule has 0 aromatic heterocycles. The summed E-state index contributed by atoms with van der Waals surface area (Å²) in [6.07, 6.45) is 7.55. The van der Waals surface area contributed by atoms with E-state index in [1.54, 1.807) is 0 Å². The number of nitro groups is 1.